The number of hydrogen-bond acceptors (Lipinski definition) is 17. The molecule has 0 bridgehead atoms. The van der Waals surface area contributed by atoms with Crippen LogP contribution >= 0.6 is 0 Å². The molecule has 32 nitrogen and oxygen atoms in total. The Bertz CT molecular complexity index is 3250. The lowest BCUT2D eigenvalue weighted by Crippen LogP contribution is -2.61. The molecule has 0 saturated heterocycles. The van der Waals surface area contributed by atoms with Crippen LogP contribution in [0.2, 0.25) is 0 Å². The number of rotatable bonds is 38. The first kappa shape index (κ1) is 74.1. The molecule has 0 spiro atoms. The van der Waals surface area contributed by atoms with Gasteiger partial charge in [0.05, 0.1) is 32.0 Å². The second-order valence-electron chi connectivity index (χ2n) is 22.8. The van der Waals surface area contributed by atoms with Gasteiger partial charge in [0, 0.05) is 36.5 Å². The summed E-state index contributed by atoms with van der Waals surface area (Å²) in [7, 11) is 0. The molecule has 92 heavy (non-hydrogen) atoms. The topological polar surface area (TPSA) is 556 Å². The van der Waals surface area contributed by atoms with Crippen LogP contribution in [-0.2, 0) is 76.8 Å². The van der Waals surface area contributed by atoms with Gasteiger partial charge in [0.1, 0.15) is 59.8 Å². The summed E-state index contributed by atoms with van der Waals surface area (Å²) in [6.07, 6.45) is -0.396. The summed E-state index contributed by atoms with van der Waals surface area (Å²) in [5.74, 6) is -12.9. The number of carbonyl (C=O) groups is 12. The number of carbonyl (C=O) groups excluding carboxylic acids is 12. The summed E-state index contributed by atoms with van der Waals surface area (Å²) < 4.78 is 0. The molecule has 0 unspecified atom stereocenters. The first-order valence-electron chi connectivity index (χ1n) is 29.5. The molecule has 0 aliphatic carbocycles. The first-order chi connectivity index (χ1) is 43.4. The number of benzene rings is 3. The number of H-pyrrole nitrogens is 1. The molecule has 0 aliphatic heterocycles. The number of nitrogens with one attached hydrogen (secondary N) is 12. The highest BCUT2D eigenvalue weighted by Gasteiger charge is 2.36. The lowest BCUT2D eigenvalue weighted by atomic mass is 10.0. The number of primary amides is 3. The molecule has 3 aromatic carbocycles. The van der Waals surface area contributed by atoms with E-state index in [-0.39, 0.29) is 80.8 Å². The Morgan fingerprint density at radius 1 is 0.500 bits per heavy atom. The molecular weight excluding hydrogens is 1200 g/mol. The predicted octanol–water partition coefficient (Wildman–Crippen LogP) is -4.49. The zero-order valence-corrected chi connectivity index (χ0v) is 51.5. The van der Waals surface area contributed by atoms with E-state index in [2.05, 4.69) is 58.2 Å². The average Bonchev–Trinajstić information content (AvgIpc) is 1.64. The zero-order valence-electron chi connectivity index (χ0n) is 51.5. The Hall–Kier alpha value is -10.4. The van der Waals surface area contributed by atoms with E-state index in [0.29, 0.717) is 27.6 Å². The van der Waals surface area contributed by atoms with Crippen molar-refractivity contribution in [3.05, 3.63) is 95.7 Å². The van der Waals surface area contributed by atoms with Gasteiger partial charge in [0.25, 0.3) is 0 Å². The maximum absolute atomic E-state index is 14.2. The van der Waals surface area contributed by atoms with Crippen LogP contribution in [0.1, 0.15) is 82.9 Å². The maximum atomic E-state index is 14.2. The third-order valence-electron chi connectivity index (χ3n) is 14.1. The van der Waals surface area contributed by atoms with E-state index >= 15 is 0 Å². The van der Waals surface area contributed by atoms with E-state index in [9.17, 15) is 72.9 Å². The fourth-order valence-electron chi connectivity index (χ4n) is 9.47. The van der Waals surface area contributed by atoms with Crippen LogP contribution in [0.25, 0.3) is 10.9 Å². The first-order valence-corrected chi connectivity index (χ1v) is 29.5. The highest BCUT2D eigenvalue weighted by Crippen LogP contribution is 2.20. The van der Waals surface area contributed by atoms with Crippen molar-refractivity contribution in [3.8, 4) is 11.5 Å². The van der Waals surface area contributed by atoms with Gasteiger partial charge in [-0.1, -0.05) is 70.2 Å². The van der Waals surface area contributed by atoms with Gasteiger partial charge < -0.3 is 102 Å². The van der Waals surface area contributed by atoms with Gasteiger partial charge in [-0.3, -0.25) is 62.9 Å². The van der Waals surface area contributed by atoms with Gasteiger partial charge >= 0.3 is 0 Å². The van der Waals surface area contributed by atoms with E-state index in [1.54, 1.807) is 58.2 Å². The number of fused-ring (bicyclic) bond motifs is 1. The summed E-state index contributed by atoms with van der Waals surface area (Å²) in [5, 5.41) is 62.6. The van der Waals surface area contributed by atoms with Crippen LogP contribution in [0.4, 0.5) is 0 Å². The van der Waals surface area contributed by atoms with Crippen molar-refractivity contribution in [1.29, 1.82) is 5.41 Å². The number of phenols is 2. The van der Waals surface area contributed by atoms with Crippen LogP contribution in [0.15, 0.2) is 79.0 Å². The number of hydrogen-bond donors (Lipinski definition) is 20. The monoisotopic (exact) mass is 1280 g/mol. The van der Waals surface area contributed by atoms with Gasteiger partial charge in [0.15, 0.2) is 5.96 Å². The van der Waals surface area contributed by atoms with Gasteiger partial charge in [-0.05, 0) is 91.0 Å². The number of guanidine groups is 1. The molecule has 4 aromatic rings. The van der Waals surface area contributed by atoms with E-state index in [4.69, 9.17) is 34.1 Å². The number of amides is 12. The van der Waals surface area contributed by atoms with Gasteiger partial charge in [-0.15, -0.1) is 0 Å². The second-order valence-corrected chi connectivity index (χ2v) is 22.8. The zero-order chi connectivity index (χ0) is 68.4. The maximum Gasteiger partial charge on any atom is 0.245 e. The molecular formula is C60H85N17O15. The number of aromatic hydroxyl groups is 2. The Morgan fingerprint density at radius 3 is 1.47 bits per heavy atom. The summed E-state index contributed by atoms with van der Waals surface area (Å²) in [4.78, 5) is 165. The molecule has 9 atom stereocenters. The second kappa shape index (κ2) is 36.3. The average molecular weight is 1280 g/mol. The van der Waals surface area contributed by atoms with Crippen molar-refractivity contribution < 1.29 is 72.9 Å². The standard InChI is InChI=1S/C60H85N17O15/c1-30(2)20-42(55(88)71-40(10-7-19-67-60(65)66)54(87)72-41(51(64)84)23-33-13-17-36(80)18-14-33)70-50(83)28-69-53(86)44(24-34-27-68-39-9-6-5-8-37(34)39)75-59(92)47(29-78)77-58(91)46(26-49(63)82)76-56(89)43(21-31(3)4)74-57(90)45(25-48(62)81)73-52(85)38(61)22-32-11-15-35(79)16-12-32/h5-6,8-9,11-18,27,30-31,38,40-47,68,78-80H,7,10,19-26,28-29,61H2,1-4H3,(H2,62,81)(H2,63,82)(H2,64,84)(H,69,86)(H,70,83)(H,71,88)(H,72,87)(H,73,85)(H,74,90)(H,75,92)(H,76,89)(H,77,91)(H4,65,66,67)/t38-,40-,41-,42-,43-,44-,45-,46-,47-/m0/s1. The summed E-state index contributed by atoms with van der Waals surface area (Å²) in [5.41, 5.74) is 30.3. The predicted molar refractivity (Wildman–Crippen MR) is 334 cm³/mol. The lowest BCUT2D eigenvalue weighted by Gasteiger charge is -2.27. The van der Waals surface area contributed by atoms with Crippen molar-refractivity contribution >= 4 is 87.7 Å². The number of aromatic nitrogens is 1. The molecule has 12 amide bonds. The van der Waals surface area contributed by atoms with Gasteiger partial charge in [0.2, 0.25) is 70.9 Å². The Balaban J connectivity index is 1.51. The molecule has 32 heteroatoms. The van der Waals surface area contributed by atoms with Gasteiger partial charge in [-0.25, -0.2) is 0 Å². The molecule has 1 aromatic heterocycles. The smallest absolute Gasteiger partial charge is 0.245 e. The summed E-state index contributed by atoms with van der Waals surface area (Å²) in [6.45, 7) is 5.07. The van der Waals surface area contributed by atoms with Crippen molar-refractivity contribution in [2.45, 2.75) is 140 Å². The van der Waals surface area contributed by atoms with E-state index < -0.39 is 151 Å². The van der Waals surface area contributed by atoms with Crippen molar-refractivity contribution in [3.63, 3.8) is 0 Å². The highest BCUT2D eigenvalue weighted by molar-refractivity contribution is 6.00. The molecule has 4 rings (SSSR count). The van der Waals surface area contributed by atoms with Crippen molar-refractivity contribution in [2.75, 3.05) is 19.7 Å². The quantitative estimate of drug-likeness (QED) is 0.0114. The number of nitrogens with two attached hydrogens (primary N) is 5. The molecule has 0 saturated carbocycles. The highest BCUT2D eigenvalue weighted by atomic mass is 16.3. The van der Waals surface area contributed by atoms with E-state index in [1.165, 1.54) is 48.5 Å². The minimum absolute atomic E-state index is 0.0179. The Kier molecular flexibility index (Phi) is 29.3. The van der Waals surface area contributed by atoms with Crippen molar-refractivity contribution in [2.24, 2.45) is 40.5 Å². The largest absolute Gasteiger partial charge is 0.508 e. The van der Waals surface area contributed by atoms with E-state index in [0.717, 1.165) is 0 Å². The van der Waals surface area contributed by atoms with Crippen LogP contribution in [0, 0.1) is 17.2 Å². The number of phenolic OH excluding ortho intramolecular Hbond substituents is 2. The van der Waals surface area contributed by atoms with Crippen molar-refractivity contribution in [1.82, 2.24) is 58.2 Å². The van der Waals surface area contributed by atoms with Crippen LogP contribution in [-0.4, -0.2) is 171 Å². The third-order valence-corrected chi connectivity index (χ3v) is 14.1. The minimum Gasteiger partial charge on any atom is -0.508 e. The molecule has 0 aliphatic rings. The van der Waals surface area contributed by atoms with E-state index in [1.807, 2.05) is 0 Å². The fourth-order valence-corrected chi connectivity index (χ4v) is 9.47. The Labute approximate surface area is 529 Å². The number of aliphatic hydroxyl groups excluding tert-OH is 1. The van der Waals surface area contributed by atoms with Crippen LogP contribution in [0.3, 0.4) is 0 Å². The Morgan fingerprint density at radius 2 is 0.946 bits per heavy atom. The molecule has 1 heterocycles. The normalized spacial score (nSPS) is 14.0. The molecule has 0 fully saturated rings. The van der Waals surface area contributed by atoms with Crippen LogP contribution in [0.5, 0.6) is 11.5 Å². The molecule has 25 N–H and O–H groups in total. The number of aromatic amines is 1. The summed E-state index contributed by atoms with van der Waals surface area (Å²) in [6, 6.07) is 4.92. The molecule has 500 valence electrons. The van der Waals surface area contributed by atoms with Crippen LogP contribution < -0.4 is 81.8 Å². The minimum atomic E-state index is -1.89. The fraction of sp³-hybridized carbons (Fsp3) is 0.450. The third kappa shape index (κ3) is 25.3. The SMILES string of the molecule is CC(C)C[C@H](NC(=O)CNC(=O)[C@H](Cc1c[nH]c2ccccc12)NC(=O)[C@H](CO)NC(=O)[C@H](CC(N)=O)NC(=O)[C@H](CC(C)C)NC(=O)[C@H](CC(N)=O)NC(=O)[C@@H](N)Cc1ccc(O)cc1)C(=O)N[C@@H](CCCNC(=N)N)C(=O)N[C@@H](Cc1ccc(O)cc1)C(N)=O. The molecule has 0 radical (unpaired) electrons. The lowest BCUT2D eigenvalue weighted by molar-refractivity contribution is -0.137. The number of aliphatic hydroxyl groups is 1. The summed E-state index contributed by atoms with van der Waals surface area (Å²) >= 11 is 0. The number of para-hydroxylation sites is 1. The van der Waals surface area contributed by atoms with Gasteiger partial charge in [-0.2, -0.15) is 0 Å².